The number of carbonyl (C=O) groups excluding carboxylic acids is 1. The second-order valence-electron chi connectivity index (χ2n) is 8.38. The summed E-state index contributed by atoms with van der Waals surface area (Å²) < 4.78 is 10.9. The minimum Gasteiger partial charge on any atom is -0.454 e. The fourth-order valence-electron chi connectivity index (χ4n) is 4.53. The van der Waals surface area contributed by atoms with E-state index in [1.54, 1.807) is 0 Å². The lowest BCUT2D eigenvalue weighted by Gasteiger charge is -2.17. The van der Waals surface area contributed by atoms with Crippen LogP contribution in [0.3, 0.4) is 0 Å². The fraction of sp³-hybridized carbons (Fsp3) is 0.192. The molecule has 0 spiro atoms. The van der Waals surface area contributed by atoms with Gasteiger partial charge in [0.1, 0.15) is 0 Å². The quantitative estimate of drug-likeness (QED) is 0.428. The zero-order valence-electron chi connectivity index (χ0n) is 17.2. The molecule has 3 aromatic carbocycles. The van der Waals surface area contributed by atoms with Crippen LogP contribution in [0, 0.1) is 6.92 Å². The highest BCUT2D eigenvalue weighted by Crippen LogP contribution is 2.51. The molecule has 1 fully saturated rings. The molecule has 2 heterocycles. The number of H-pyrrole nitrogens is 1. The number of anilines is 1. The minimum absolute atomic E-state index is 0. The summed E-state index contributed by atoms with van der Waals surface area (Å²) in [7, 11) is 0. The molecule has 0 atom stereocenters. The average molecular weight is 415 g/mol. The van der Waals surface area contributed by atoms with Gasteiger partial charge in [-0.1, -0.05) is 24.3 Å². The Morgan fingerprint density at radius 1 is 1.00 bits per heavy atom. The summed E-state index contributed by atoms with van der Waals surface area (Å²) in [4.78, 5) is 16.6. The summed E-state index contributed by atoms with van der Waals surface area (Å²) in [5.74, 6) is 1.48. The van der Waals surface area contributed by atoms with E-state index in [0.717, 1.165) is 46.5 Å². The van der Waals surface area contributed by atoms with Crippen molar-refractivity contribution >= 4 is 22.5 Å². The van der Waals surface area contributed by atoms with Gasteiger partial charge in [-0.3, -0.25) is 4.79 Å². The number of aryl methyl sites for hydroxylation is 1. The number of carbonyl (C=O) groups is 1. The number of aromatic nitrogens is 1. The maximum atomic E-state index is 13.3. The highest BCUT2D eigenvalue weighted by Gasteiger charge is 2.51. The topological polar surface area (TPSA) is 63.4 Å². The maximum absolute atomic E-state index is 13.3. The van der Waals surface area contributed by atoms with E-state index in [9.17, 15) is 4.79 Å². The Kier molecular flexibility index (Phi) is 3.87. The molecule has 4 aromatic rings. The van der Waals surface area contributed by atoms with E-state index in [2.05, 4.69) is 53.6 Å². The van der Waals surface area contributed by atoms with E-state index in [-0.39, 0.29) is 15.6 Å². The van der Waals surface area contributed by atoms with Crippen LogP contribution in [-0.4, -0.2) is 17.7 Å². The second-order valence-corrected chi connectivity index (χ2v) is 8.38. The van der Waals surface area contributed by atoms with Gasteiger partial charge < -0.3 is 19.8 Å². The van der Waals surface area contributed by atoms with Crippen molar-refractivity contribution < 1.29 is 17.1 Å². The minimum atomic E-state index is -0.493. The molecule has 1 aliphatic carbocycles. The molecule has 0 bridgehead atoms. The van der Waals surface area contributed by atoms with Crippen molar-refractivity contribution in [1.29, 1.82) is 0 Å². The van der Waals surface area contributed by atoms with E-state index in [4.69, 9.17) is 9.47 Å². The van der Waals surface area contributed by atoms with Crippen LogP contribution in [0.5, 0.6) is 11.5 Å². The van der Waals surface area contributed by atoms with Crippen molar-refractivity contribution in [2.24, 2.45) is 0 Å². The van der Waals surface area contributed by atoms with Crippen molar-refractivity contribution in [2.75, 3.05) is 12.1 Å². The number of hydrogen-bond donors (Lipinski definition) is 2. The van der Waals surface area contributed by atoms with E-state index in [1.807, 2.05) is 30.5 Å². The first kappa shape index (κ1) is 18.1. The van der Waals surface area contributed by atoms with Crippen LogP contribution < -0.4 is 14.8 Å². The lowest BCUT2D eigenvalue weighted by Crippen LogP contribution is -2.27. The van der Waals surface area contributed by atoms with E-state index in [1.165, 1.54) is 10.9 Å². The van der Waals surface area contributed by atoms with E-state index < -0.39 is 5.41 Å². The first-order valence-electron chi connectivity index (χ1n) is 10.5. The van der Waals surface area contributed by atoms with Gasteiger partial charge in [-0.05, 0) is 78.4 Å². The molecule has 1 aromatic heterocycles. The summed E-state index contributed by atoms with van der Waals surface area (Å²) >= 11 is 0. The Morgan fingerprint density at radius 3 is 2.74 bits per heavy atom. The lowest BCUT2D eigenvalue weighted by molar-refractivity contribution is -0.118. The monoisotopic (exact) mass is 414 g/mol. The Balaban J connectivity index is 0.00000130. The van der Waals surface area contributed by atoms with Crippen LogP contribution in [0.1, 0.15) is 26.8 Å². The van der Waals surface area contributed by atoms with Crippen LogP contribution in [0.25, 0.3) is 22.0 Å². The molecule has 31 heavy (non-hydrogen) atoms. The summed E-state index contributed by atoms with van der Waals surface area (Å²) in [6.07, 6.45) is 3.62. The number of ether oxygens (including phenoxy) is 2. The number of benzene rings is 3. The zero-order valence-corrected chi connectivity index (χ0v) is 17.2. The molecule has 2 N–H and O–H groups in total. The molecule has 1 aliphatic heterocycles. The predicted molar refractivity (Wildman–Crippen MR) is 125 cm³/mol. The van der Waals surface area contributed by atoms with Gasteiger partial charge in [0, 0.05) is 25.6 Å². The van der Waals surface area contributed by atoms with Crippen molar-refractivity contribution in [3.63, 3.8) is 0 Å². The highest BCUT2D eigenvalue weighted by molar-refractivity contribution is 6.03. The van der Waals surface area contributed by atoms with E-state index in [0.29, 0.717) is 5.75 Å². The lowest BCUT2D eigenvalue weighted by atomic mass is 9.93. The number of amides is 1. The standard InChI is InChI=1S/C26H22N2O3.2H2/c1-16-5-7-18(14-21(16)19-3-2-4-22-20(19)9-12-27-22)28-25(29)26(10-11-26)17-6-8-23-24(13-17)31-15-30-23;;/h2-9,12-14,27H,10-11,15H2,1H3,(H,28,29);2*1H. The summed E-state index contributed by atoms with van der Waals surface area (Å²) in [6, 6.07) is 20.3. The molecule has 0 saturated heterocycles. The molecule has 1 saturated carbocycles. The molecule has 0 radical (unpaired) electrons. The third-order valence-corrected chi connectivity index (χ3v) is 6.49. The van der Waals surface area contributed by atoms with Crippen LogP contribution >= 0.6 is 0 Å². The molecule has 0 unspecified atom stereocenters. The van der Waals surface area contributed by atoms with Gasteiger partial charge in [0.25, 0.3) is 0 Å². The summed E-state index contributed by atoms with van der Waals surface area (Å²) in [6.45, 7) is 2.33. The molecular weight excluding hydrogens is 388 g/mol. The van der Waals surface area contributed by atoms with Crippen molar-refractivity contribution in [3.8, 4) is 22.6 Å². The third-order valence-electron chi connectivity index (χ3n) is 6.49. The Labute approximate surface area is 183 Å². The molecule has 5 heteroatoms. The van der Waals surface area contributed by atoms with Crippen molar-refractivity contribution in [2.45, 2.75) is 25.2 Å². The number of hydrogen-bond acceptors (Lipinski definition) is 3. The fourth-order valence-corrected chi connectivity index (χ4v) is 4.53. The largest absolute Gasteiger partial charge is 0.454 e. The van der Waals surface area contributed by atoms with Gasteiger partial charge in [-0.15, -0.1) is 0 Å². The van der Waals surface area contributed by atoms with Gasteiger partial charge in [-0.2, -0.15) is 0 Å². The van der Waals surface area contributed by atoms with Crippen LogP contribution in [0.4, 0.5) is 5.69 Å². The van der Waals surface area contributed by atoms with Gasteiger partial charge >= 0.3 is 0 Å². The first-order chi connectivity index (χ1) is 15.1. The molecule has 2 aliphatic rings. The number of rotatable bonds is 4. The van der Waals surface area contributed by atoms with Gasteiger partial charge in [0.2, 0.25) is 12.7 Å². The first-order valence-corrected chi connectivity index (χ1v) is 10.5. The Bertz CT molecular complexity index is 1340. The van der Waals surface area contributed by atoms with Gasteiger partial charge in [0.05, 0.1) is 5.41 Å². The number of aromatic amines is 1. The smallest absolute Gasteiger partial charge is 0.235 e. The van der Waals surface area contributed by atoms with E-state index >= 15 is 0 Å². The molecule has 1 amide bonds. The molecule has 6 rings (SSSR count). The average Bonchev–Trinajstić information content (AvgIpc) is 3.22. The summed E-state index contributed by atoms with van der Waals surface area (Å²) in [5, 5.41) is 4.35. The normalized spacial score (nSPS) is 15.8. The molecule has 5 nitrogen and oxygen atoms in total. The molecule has 158 valence electrons. The SMILES string of the molecule is Cc1ccc(NC(=O)C2(c3ccc4c(c3)OCO4)CC2)cc1-c1cccc2[nH]ccc12.[HH].[HH]. The predicted octanol–water partition coefficient (Wildman–Crippen LogP) is 6.03. The van der Waals surface area contributed by atoms with Crippen LogP contribution in [-0.2, 0) is 10.2 Å². The maximum Gasteiger partial charge on any atom is 0.235 e. The van der Waals surface area contributed by atoms with Crippen LogP contribution in [0.15, 0.2) is 66.9 Å². The third kappa shape index (κ3) is 2.88. The Hall–Kier alpha value is -3.73. The number of nitrogens with one attached hydrogen (secondary N) is 2. The van der Waals surface area contributed by atoms with Gasteiger partial charge in [-0.25, -0.2) is 0 Å². The zero-order chi connectivity index (χ0) is 21.0. The Morgan fingerprint density at radius 2 is 1.87 bits per heavy atom. The van der Waals surface area contributed by atoms with Crippen molar-refractivity contribution in [1.82, 2.24) is 4.98 Å². The van der Waals surface area contributed by atoms with Crippen LogP contribution in [0.2, 0.25) is 0 Å². The second kappa shape index (κ2) is 6.64. The highest BCUT2D eigenvalue weighted by atomic mass is 16.7. The van der Waals surface area contributed by atoms with Gasteiger partial charge in [0.15, 0.2) is 11.5 Å². The number of fused-ring (bicyclic) bond motifs is 2. The molecular formula is C26H26N2O3. The van der Waals surface area contributed by atoms with Crippen molar-refractivity contribution in [3.05, 3.63) is 78.0 Å². The summed E-state index contributed by atoms with van der Waals surface area (Å²) in [5.41, 5.74) is 5.85.